The van der Waals surface area contributed by atoms with E-state index in [9.17, 15) is 9.90 Å². The Labute approximate surface area is 155 Å². The molecule has 4 heteroatoms. The maximum atomic E-state index is 13.2. The van der Waals surface area contributed by atoms with Crippen LogP contribution >= 0.6 is 0 Å². The van der Waals surface area contributed by atoms with E-state index in [4.69, 9.17) is 0 Å². The van der Waals surface area contributed by atoms with Crippen molar-refractivity contribution in [3.05, 3.63) is 71.3 Å². The lowest BCUT2D eigenvalue weighted by molar-refractivity contribution is -0.133. The molecule has 2 aromatic rings. The molecule has 0 fully saturated rings. The summed E-state index contributed by atoms with van der Waals surface area (Å²) in [4.78, 5) is 15.4. The molecule has 1 aliphatic rings. The second kappa shape index (κ2) is 8.02. The topological polar surface area (TPSA) is 52.6 Å². The van der Waals surface area contributed by atoms with Gasteiger partial charge >= 0.3 is 0 Å². The molecule has 2 aromatic carbocycles. The van der Waals surface area contributed by atoms with Crippen molar-refractivity contribution >= 4 is 5.91 Å². The third-order valence-corrected chi connectivity index (χ3v) is 5.47. The Bertz CT molecular complexity index is 720. The predicted molar refractivity (Wildman–Crippen MR) is 104 cm³/mol. The van der Waals surface area contributed by atoms with Gasteiger partial charge in [-0.3, -0.25) is 9.69 Å². The van der Waals surface area contributed by atoms with E-state index in [2.05, 4.69) is 34.5 Å². The quantitative estimate of drug-likeness (QED) is 0.803. The summed E-state index contributed by atoms with van der Waals surface area (Å²) in [6.45, 7) is 2.58. The Morgan fingerprint density at radius 1 is 1.12 bits per heavy atom. The summed E-state index contributed by atoms with van der Waals surface area (Å²) in [7, 11) is 2.04. The molecule has 0 saturated heterocycles. The van der Waals surface area contributed by atoms with Gasteiger partial charge in [0.1, 0.15) is 5.54 Å². The van der Waals surface area contributed by atoms with E-state index in [0.717, 1.165) is 13.0 Å². The number of carbonyl (C=O) groups is 1. The number of aliphatic hydroxyl groups excluding tert-OH is 1. The zero-order valence-electron chi connectivity index (χ0n) is 15.6. The van der Waals surface area contributed by atoms with Crippen LogP contribution in [0.1, 0.15) is 23.6 Å². The molecule has 0 saturated carbocycles. The highest BCUT2D eigenvalue weighted by molar-refractivity contribution is 5.88. The number of hydrogen-bond acceptors (Lipinski definition) is 3. The van der Waals surface area contributed by atoms with Crippen molar-refractivity contribution in [1.82, 2.24) is 10.2 Å². The van der Waals surface area contributed by atoms with Crippen LogP contribution in [-0.2, 0) is 24.1 Å². The van der Waals surface area contributed by atoms with Crippen molar-refractivity contribution in [3.63, 3.8) is 0 Å². The number of carbonyl (C=O) groups excluding carboxylic acids is 1. The summed E-state index contributed by atoms with van der Waals surface area (Å²) in [5.41, 5.74) is 3.16. The SMILES string of the molecule is C[C@H](CO)NC(=O)C1(N(C)CCc2ccccc2)Cc2ccccc2C1. The van der Waals surface area contributed by atoms with Gasteiger partial charge in [0, 0.05) is 25.4 Å². The van der Waals surface area contributed by atoms with E-state index in [0.29, 0.717) is 12.8 Å². The van der Waals surface area contributed by atoms with Crippen LogP contribution in [0.3, 0.4) is 0 Å². The summed E-state index contributed by atoms with van der Waals surface area (Å²) in [6, 6.07) is 18.4. The van der Waals surface area contributed by atoms with Crippen molar-refractivity contribution < 1.29 is 9.90 Å². The molecule has 4 nitrogen and oxygen atoms in total. The van der Waals surface area contributed by atoms with Crippen molar-refractivity contribution in [3.8, 4) is 0 Å². The molecule has 1 atom stereocenters. The first kappa shape index (κ1) is 18.6. The van der Waals surface area contributed by atoms with Gasteiger partial charge in [-0.15, -0.1) is 0 Å². The van der Waals surface area contributed by atoms with Crippen LogP contribution in [0.15, 0.2) is 54.6 Å². The molecule has 1 aliphatic carbocycles. The lowest BCUT2D eigenvalue weighted by Gasteiger charge is -2.38. The molecule has 0 bridgehead atoms. The molecule has 0 unspecified atom stereocenters. The first-order valence-electron chi connectivity index (χ1n) is 9.29. The van der Waals surface area contributed by atoms with Crippen LogP contribution in [-0.4, -0.2) is 47.7 Å². The van der Waals surface area contributed by atoms with Gasteiger partial charge in [0.15, 0.2) is 0 Å². The number of fused-ring (bicyclic) bond motifs is 1. The van der Waals surface area contributed by atoms with E-state index in [1.54, 1.807) is 0 Å². The van der Waals surface area contributed by atoms with Crippen LogP contribution in [0.2, 0.25) is 0 Å². The fourth-order valence-electron chi connectivity index (χ4n) is 3.76. The van der Waals surface area contributed by atoms with E-state index >= 15 is 0 Å². The molecule has 2 N–H and O–H groups in total. The molecule has 0 radical (unpaired) electrons. The number of hydrogen-bond donors (Lipinski definition) is 2. The minimum Gasteiger partial charge on any atom is -0.394 e. The van der Waals surface area contributed by atoms with Gasteiger partial charge < -0.3 is 10.4 Å². The minimum atomic E-state index is -0.595. The Kier molecular flexibility index (Phi) is 5.74. The van der Waals surface area contributed by atoms with Crippen molar-refractivity contribution in [1.29, 1.82) is 0 Å². The zero-order valence-corrected chi connectivity index (χ0v) is 15.6. The van der Waals surface area contributed by atoms with Gasteiger partial charge in [0.05, 0.1) is 6.61 Å². The third kappa shape index (κ3) is 3.81. The van der Waals surface area contributed by atoms with Gasteiger partial charge in [0.25, 0.3) is 0 Å². The van der Waals surface area contributed by atoms with Crippen LogP contribution in [0.5, 0.6) is 0 Å². The average Bonchev–Trinajstić information content (AvgIpc) is 3.07. The fraction of sp³-hybridized carbons (Fsp3) is 0.409. The summed E-state index contributed by atoms with van der Waals surface area (Å²) < 4.78 is 0. The largest absolute Gasteiger partial charge is 0.394 e. The van der Waals surface area contributed by atoms with Gasteiger partial charge in [0.2, 0.25) is 5.91 Å². The highest BCUT2D eigenvalue weighted by atomic mass is 16.3. The van der Waals surface area contributed by atoms with Gasteiger partial charge in [-0.2, -0.15) is 0 Å². The molecule has 3 rings (SSSR count). The standard InChI is InChI=1S/C22H28N2O2/c1-17(16-25)23-21(26)22(14-19-10-6-7-11-20(19)15-22)24(2)13-12-18-8-4-3-5-9-18/h3-11,17,25H,12-16H2,1-2H3,(H,23,26)/t17-/m1/s1. The monoisotopic (exact) mass is 352 g/mol. The summed E-state index contributed by atoms with van der Waals surface area (Å²) in [5.74, 6) is 0.00538. The zero-order chi connectivity index (χ0) is 18.6. The Morgan fingerprint density at radius 2 is 1.69 bits per heavy atom. The van der Waals surface area contributed by atoms with E-state index in [-0.39, 0.29) is 18.6 Å². The molecule has 0 spiro atoms. The molecule has 0 aliphatic heterocycles. The number of nitrogens with zero attached hydrogens (tertiary/aromatic N) is 1. The lowest BCUT2D eigenvalue weighted by atomic mass is 9.91. The molecule has 1 amide bonds. The van der Waals surface area contributed by atoms with Crippen molar-refractivity contribution in [2.45, 2.75) is 37.8 Å². The van der Waals surface area contributed by atoms with E-state index in [1.807, 2.05) is 44.3 Å². The molecule has 0 aromatic heterocycles. The van der Waals surface area contributed by atoms with Crippen molar-refractivity contribution in [2.75, 3.05) is 20.2 Å². The number of rotatable bonds is 7. The average molecular weight is 352 g/mol. The summed E-state index contributed by atoms with van der Waals surface area (Å²) >= 11 is 0. The molecule has 26 heavy (non-hydrogen) atoms. The number of aliphatic hydroxyl groups is 1. The van der Waals surface area contributed by atoms with Crippen LogP contribution in [0.4, 0.5) is 0 Å². The fourth-order valence-corrected chi connectivity index (χ4v) is 3.76. The highest BCUT2D eigenvalue weighted by Gasteiger charge is 2.46. The van der Waals surface area contributed by atoms with Crippen LogP contribution in [0.25, 0.3) is 0 Å². The number of likely N-dealkylation sites (N-methyl/N-ethyl adjacent to an activating group) is 1. The molecule has 138 valence electrons. The second-order valence-corrected chi connectivity index (χ2v) is 7.37. The highest BCUT2D eigenvalue weighted by Crippen LogP contribution is 2.34. The summed E-state index contributed by atoms with van der Waals surface area (Å²) in [5, 5.41) is 12.3. The molecular formula is C22H28N2O2. The van der Waals surface area contributed by atoms with Crippen LogP contribution < -0.4 is 5.32 Å². The third-order valence-electron chi connectivity index (χ3n) is 5.47. The maximum Gasteiger partial charge on any atom is 0.241 e. The van der Waals surface area contributed by atoms with E-state index < -0.39 is 5.54 Å². The minimum absolute atomic E-state index is 0.00538. The summed E-state index contributed by atoms with van der Waals surface area (Å²) in [6.07, 6.45) is 2.31. The van der Waals surface area contributed by atoms with Gasteiger partial charge in [-0.05, 0) is 37.1 Å². The Hall–Kier alpha value is -2.17. The number of amides is 1. The maximum absolute atomic E-state index is 13.2. The Balaban J connectivity index is 1.80. The first-order valence-corrected chi connectivity index (χ1v) is 9.29. The first-order chi connectivity index (χ1) is 12.5. The van der Waals surface area contributed by atoms with Crippen molar-refractivity contribution in [2.24, 2.45) is 0 Å². The molecular weight excluding hydrogens is 324 g/mol. The number of benzene rings is 2. The lowest BCUT2D eigenvalue weighted by Crippen LogP contribution is -2.60. The van der Waals surface area contributed by atoms with Gasteiger partial charge in [-0.1, -0.05) is 54.6 Å². The van der Waals surface area contributed by atoms with E-state index in [1.165, 1.54) is 16.7 Å². The normalized spacial score (nSPS) is 16.3. The van der Waals surface area contributed by atoms with Crippen LogP contribution in [0, 0.1) is 0 Å². The predicted octanol–water partition coefficient (Wildman–Crippen LogP) is 2.20. The Morgan fingerprint density at radius 3 is 2.27 bits per heavy atom. The van der Waals surface area contributed by atoms with Gasteiger partial charge in [-0.25, -0.2) is 0 Å². The second-order valence-electron chi connectivity index (χ2n) is 7.37. The number of nitrogens with one attached hydrogen (secondary N) is 1. The molecule has 0 heterocycles. The smallest absolute Gasteiger partial charge is 0.241 e.